The summed E-state index contributed by atoms with van der Waals surface area (Å²) >= 11 is 0. The van der Waals surface area contributed by atoms with Crippen LogP contribution in [0.4, 0.5) is 5.69 Å². The number of carbonyl (C=O) groups excluding carboxylic acids is 2. The van der Waals surface area contributed by atoms with Crippen molar-refractivity contribution in [1.29, 1.82) is 0 Å². The zero-order chi connectivity index (χ0) is 17.6. The van der Waals surface area contributed by atoms with E-state index >= 15 is 0 Å². The van der Waals surface area contributed by atoms with E-state index in [0.29, 0.717) is 11.3 Å². The number of Topliss-reactive ketones (excluding diaryl/α,β-unsaturated/α-hetero) is 1. The summed E-state index contributed by atoms with van der Waals surface area (Å²) in [5.41, 5.74) is 2.85. The zero-order valence-corrected chi connectivity index (χ0v) is 14.4. The van der Waals surface area contributed by atoms with Crippen LogP contribution in [0.1, 0.15) is 33.3 Å². The van der Waals surface area contributed by atoms with Crippen molar-refractivity contribution in [2.45, 2.75) is 13.3 Å². The highest BCUT2D eigenvalue weighted by Crippen LogP contribution is 2.13. The Morgan fingerprint density at radius 1 is 1.20 bits per heavy atom. The lowest BCUT2D eigenvalue weighted by molar-refractivity contribution is 0.0384. The molecule has 2 N–H and O–H groups in total. The molecular formula is C19H23N3O3. The van der Waals surface area contributed by atoms with Crippen molar-refractivity contribution in [1.82, 2.24) is 9.88 Å². The standard InChI is InChI=1S/C19H23N3O3/c1-14(23)16-12-18(20-13-16)19(24)21-17-4-2-15(3-5-17)6-7-22-8-10-25-11-9-22/h2-5,12-13,20H,6-11H2,1H3,(H,21,24). The van der Waals surface area contributed by atoms with Crippen LogP contribution in [-0.2, 0) is 11.2 Å². The van der Waals surface area contributed by atoms with Crippen molar-refractivity contribution in [3.05, 3.63) is 53.3 Å². The van der Waals surface area contributed by atoms with E-state index in [1.165, 1.54) is 12.5 Å². The first-order valence-electron chi connectivity index (χ1n) is 8.51. The van der Waals surface area contributed by atoms with Gasteiger partial charge in [0.2, 0.25) is 0 Å². The maximum Gasteiger partial charge on any atom is 0.272 e. The van der Waals surface area contributed by atoms with E-state index in [1.54, 1.807) is 12.3 Å². The number of nitrogens with zero attached hydrogens (tertiary/aromatic N) is 1. The van der Waals surface area contributed by atoms with Crippen LogP contribution in [0.3, 0.4) is 0 Å². The lowest BCUT2D eigenvalue weighted by Crippen LogP contribution is -2.37. The minimum atomic E-state index is -0.256. The third kappa shape index (κ3) is 4.78. The number of benzene rings is 1. The van der Waals surface area contributed by atoms with Crippen LogP contribution in [0.2, 0.25) is 0 Å². The number of aromatic nitrogens is 1. The Bertz CT molecular complexity index is 731. The molecule has 6 nitrogen and oxygen atoms in total. The second kappa shape index (κ2) is 8.09. The molecule has 1 aliphatic rings. The molecule has 132 valence electrons. The van der Waals surface area contributed by atoms with Crippen molar-refractivity contribution < 1.29 is 14.3 Å². The molecule has 0 atom stereocenters. The number of amides is 1. The summed E-state index contributed by atoms with van der Waals surface area (Å²) in [6.45, 7) is 6.11. The van der Waals surface area contributed by atoms with E-state index in [4.69, 9.17) is 4.74 Å². The Morgan fingerprint density at radius 3 is 2.56 bits per heavy atom. The molecule has 0 unspecified atom stereocenters. The van der Waals surface area contributed by atoms with Crippen LogP contribution in [0.15, 0.2) is 36.5 Å². The predicted octanol–water partition coefficient (Wildman–Crippen LogP) is 2.34. The summed E-state index contributed by atoms with van der Waals surface area (Å²) in [4.78, 5) is 28.7. The van der Waals surface area contributed by atoms with Gasteiger partial charge in [-0.25, -0.2) is 0 Å². The number of hydrogen-bond donors (Lipinski definition) is 2. The van der Waals surface area contributed by atoms with Gasteiger partial charge in [-0.2, -0.15) is 0 Å². The summed E-state index contributed by atoms with van der Waals surface area (Å²) in [6, 6.07) is 9.44. The Kier molecular flexibility index (Phi) is 5.63. The van der Waals surface area contributed by atoms with Crippen molar-refractivity contribution in [3.63, 3.8) is 0 Å². The Labute approximate surface area is 147 Å². The molecule has 1 aromatic carbocycles. The highest BCUT2D eigenvalue weighted by atomic mass is 16.5. The van der Waals surface area contributed by atoms with Crippen molar-refractivity contribution in [2.24, 2.45) is 0 Å². The number of rotatable bonds is 6. The molecule has 0 bridgehead atoms. The van der Waals surface area contributed by atoms with Gasteiger partial charge in [0.15, 0.2) is 5.78 Å². The number of anilines is 1. The van der Waals surface area contributed by atoms with E-state index in [9.17, 15) is 9.59 Å². The van der Waals surface area contributed by atoms with Crippen molar-refractivity contribution >= 4 is 17.4 Å². The largest absolute Gasteiger partial charge is 0.379 e. The molecule has 0 aliphatic carbocycles. The van der Waals surface area contributed by atoms with Crippen LogP contribution in [-0.4, -0.2) is 54.4 Å². The van der Waals surface area contributed by atoms with Gasteiger partial charge in [-0.05, 0) is 37.1 Å². The smallest absolute Gasteiger partial charge is 0.272 e. The number of aromatic amines is 1. The van der Waals surface area contributed by atoms with Crippen LogP contribution in [0, 0.1) is 0 Å². The molecule has 3 rings (SSSR count). The lowest BCUT2D eigenvalue weighted by Gasteiger charge is -2.26. The molecule has 2 heterocycles. The van der Waals surface area contributed by atoms with Crippen LogP contribution in [0.25, 0.3) is 0 Å². The monoisotopic (exact) mass is 341 g/mol. The van der Waals surface area contributed by atoms with Gasteiger partial charge in [-0.3, -0.25) is 14.5 Å². The predicted molar refractivity (Wildman–Crippen MR) is 96.2 cm³/mol. The van der Waals surface area contributed by atoms with Gasteiger partial charge in [-0.1, -0.05) is 12.1 Å². The number of H-pyrrole nitrogens is 1. The van der Waals surface area contributed by atoms with Gasteiger partial charge in [-0.15, -0.1) is 0 Å². The molecule has 1 saturated heterocycles. The SMILES string of the molecule is CC(=O)c1c[nH]c(C(=O)Nc2ccc(CCN3CCOCC3)cc2)c1. The highest BCUT2D eigenvalue weighted by Gasteiger charge is 2.12. The van der Waals surface area contributed by atoms with E-state index in [1.807, 2.05) is 24.3 Å². The fraction of sp³-hybridized carbons (Fsp3) is 0.368. The minimum Gasteiger partial charge on any atom is -0.379 e. The summed E-state index contributed by atoms with van der Waals surface area (Å²) < 4.78 is 5.35. The second-order valence-corrected chi connectivity index (χ2v) is 6.21. The second-order valence-electron chi connectivity index (χ2n) is 6.21. The molecule has 1 amide bonds. The first-order chi connectivity index (χ1) is 12.1. The van der Waals surface area contributed by atoms with E-state index in [2.05, 4.69) is 15.2 Å². The van der Waals surface area contributed by atoms with Crippen molar-refractivity contribution in [3.8, 4) is 0 Å². The average Bonchev–Trinajstić information content (AvgIpc) is 3.13. The van der Waals surface area contributed by atoms with Crippen LogP contribution < -0.4 is 5.32 Å². The summed E-state index contributed by atoms with van der Waals surface area (Å²) in [5, 5.41) is 2.83. The Hall–Kier alpha value is -2.44. The highest BCUT2D eigenvalue weighted by molar-refractivity contribution is 6.05. The number of ketones is 1. The van der Waals surface area contributed by atoms with Crippen LogP contribution in [0.5, 0.6) is 0 Å². The Morgan fingerprint density at radius 2 is 1.92 bits per heavy atom. The summed E-state index contributed by atoms with van der Waals surface area (Å²) in [5.74, 6) is -0.325. The molecule has 1 fully saturated rings. The zero-order valence-electron chi connectivity index (χ0n) is 14.4. The first-order valence-corrected chi connectivity index (χ1v) is 8.51. The third-order valence-electron chi connectivity index (χ3n) is 4.37. The van der Waals surface area contributed by atoms with E-state index in [-0.39, 0.29) is 11.7 Å². The lowest BCUT2D eigenvalue weighted by atomic mass is 10.1. The van der Waals surface area contributed by atoms with Gasteiger partial charge in [0.05, 0.1) is 13.2 Å². The van der Waals surface area contributed by atoms with Crippen LogP contribution >= 0.6 is 0 Å². The van der Waals surface area contributed by atoms with Gasteiger partial charge in [0, 0.05) is 37.1 Å². The fourth-order valence-corrected chi connectivity index (χ4v) is 2.79. The quantitative estimate of drug-likeness (QED) is 0.791. The number of ether oxygens (including phenoxy) is 1. The number of morpholine rings is 1. The summed E-state index contributed by atoms with van der Waals surface area (Å²) in [6.07, 6.45) is 2.53. The molecule has 6 heteroatoms. The molecule has 25 heavy (non-hydrogen) atoms. The minimum absolute atomic E-state index is 0.0695. The van der Waals surface area contributed by atoms with Gasteiger partial charge >= 0.3 is 0 Å². The molecule has 0 saturated carbocycles. The van der Waals surface area contributed by atoms with E-state index in [0.717, 1.165) is 45.0 Å². The topological polar surface area (TPSA) is 74.4 Å². The third-order valence-corrected chi connectivity index (χ3v) is 4.37. The maximum atomic E-state index is 12.2. The first kappa shape index (κ1) is 17.4. The van der Waals surface area contributed by atoms with Gasteiger partial charge in [0.25, 0.3) is 5.91 Å². The molecular weight excluding hydrogens is 318 g/mol. The number of hydrogen-bond acceptors (Lipinski definition) is 4. The van der Waals surface area contributed by atoms with Gasteiger partial charge in [0.1, 0.15) is 5.69 Å². The number of carbonyl (C=O) groups is 2. The maximum absolute atomic E-state index is 12.2. The molecule has 1 aliphatic heterocycles. The molecule has 0 radical (unpaired) electrons. The average molecular weight is 341 g/mol. The van der Waals surface area contributed by atoms with Crippen molar-refractivity contribution in [2.75, 3.05) is 38.2 Å². The van der Waals surface area contributed by atoms with Gasteiger partial charge < -0.3 is 15.0 Å². The fourth-order valence-electron chi connectivity index (χ4n) is 2.79. The molecule has 2 aromatic rings. The normalized spacial score (nSPS) is 15.1. The molecule has 0 spiro atoms. The summed E-state index contributed by atoms with van der Waals surface area (Å²) in [7, 11) is 0. The van der Waals surface area contributed by atoms with E-state index < -0.39 is 0 Å². The molecule has 1 aromatic heterocycles. The Balaban J connectivity index is 1.52. The number of nitrogens with one attached hydrogen (secondary N) is 2.